The second kappa shape index (κ2) is 4.27. The summed E-state index contributed by atoms with van der Waals surface area (Å²) in [5.41, 5.74) is 6.09. The number of sulfone groups is 1. The first-order valence-corrected chi connectivity index (χ1v) is 7.97. The van der Waals surface area contributed by atoms with Crippen LogP contribution in [0.4, 0.5) is 0 Å². The van der Waals surface area contributed by atoms with Gasteiger partial charge in [-0.1, -0.05) is 6.92 Å². The van der Waals surface area contributed by atoms with E-state index >= 15 is 0 Å². The Hall–Kier alpha value is -0.130. The van der Waals surface area contributed by atoms with Crippen molar-refractivity contribution in [3.05, 3.63) is 0 Å². The van der Waals surface area contributed by atoms with Gasteiger partial charge in [-0.25, -0.2) is 8.42 Å². The van der Waals surface area contributed by atoms with Gasteiger partial charge in [-0.15, -0.1) is 0 Å². The largest absolute Gasteiger partial charge is 0.330 e. The van der Waals surface area contributed by atoms with Gasteiger partial charge in [0.25, 0.3) is 0 Å². The minimum atomic E-state index is -2.77. The van der Waals surface area contributed by atoms with Gasteiger partial charge in [0.05, 0.1) is 11.5 Å². The van der Waals surface area contributed by atoms with Crippen molar-refractivity contribution in [3.8, 4) is 0 Å². The molecule has 1 unspecified atom stereocenters. The highest BCUT2D eigenvalue weighted by molar-refractivity contribution is 7.91. The highest BCUT2D eigenvalue weighted by Crippen LogP contribution is 2.45. The number of hydrogen-bond donors (Lipinski definition) is 1. The summed E-state index contributed by atoms with van der Waals surface area (Å²) in [7, 11) is -2.77. The third-order valence-corrected chi connectivity index (χ3v) is 5.81. The molecular weight excluding hydrogens is 224 g/mol. The fourth-order valence-electron chi connectivity index (χ4n) is 2.60. The smallest absolute Gasteiger partial charge is 0.151 e. The van der Waals surface area contributed by atoms with Crippen LogP contribution in [0, 0.1) is 5.41 Å². The maximum absolute atomic E-state index is 11.5. The fourth-order valence-corrected chi connectivity index (χ4v) is 4.36. The van der Waals surface area contributed by atoms with Gasteiger partial charge in [0.15, 0.2) is 9.84 Å². The van der Waals surface area contributed by atoms with Gasteiger partial charge < -0.3 is 5.73 Å². The molecule has 94 valence electrons. The van der Waals surface area contributed by atoms with Crippen molar-refractivity contribution in [2.75, 3.05) is 31.1 Å². The van der Waals surface area contributed by atoms with Gasteiger partial charge in [0.1, 0.15) is 0 Å². The lowest BCUT2D eigenvalue weighted by Gasteiger charge is -2.30. The molecule has 1 heterocycles. The van der Waals surface area contributed by atoms with E-state index in [1.165, 1.54) is 12.8 Å². The van der Waals surface area contributed by atoms with E-state index in [0.717, 1.165) is 26.1 Å². The highest BCUT2D eigenvalue weighted by atomic mass is 32.2. The van der Waals surface area contributed by atoms with Gasteiger partial charge in [-0.05, 0) is 37.8 Å². The quantitative estimate of drug-likeness (QED) is 0.754. The molecule has 0 aromatic carbocycles. The molecule has 5 heteroatoms. The molecule has 0 aromatic rings. The first-order chi connectivity index (χ1) is 7.50. The first-order valence-electron chi connectivity index (χ1n) is 6.15. The topological polar surface area (TPSA) is 63.4 Å². The van der Waals surface area contributed by atoms with E-state index in [1.807, 2.05) is 0 Å². The molecule has 1 aliphatic carbocycles. The van der Waals surface area contributed by atoms with E-state index in [2.05, 4.69) is 11.8 Å². The summed E-state index contributed by atoms with van der Waals surface area (Å²) in [6, 6.07) is 0.235. The molecule has 0 radical (unpaired) electrons. The van der Waals surface area contributed by atoms with Crippen molar-refractivity contribution in [1.82, 2.24) is 4.90 Å². The Labute approximate surface area is 98.1 Å². The Morgan fingerprint density at radius 2 is 2.12 bits per heavy atom. The molecule has 1 saturated heterocycles. The molecule has 16 heavy (non-hydrogen) atoms. The molecule has 0 aromatic heterocycles. The van der Waals surface area contributed by atoms with Crippen LogP contribution in [0.15, 0.2) is 0 Å². The summed E-state index contributed by atoms with van der Waals surface area (Å²) in [6.07, 6.45) is 3.22. The van der Waals surface area contributed by atoms with Crippen molar-refractivity contribution in [2.45, 2.75) is 32.2 Å². The molecule has 2 N–H and O–H groups in total. The lowest BCUT2D eigenvalue weighted by Crippen LogP contribution is -2.41. The predicted octanol–water partition coefficient (Wildman–Crippen LogP) is 0.234. The summed E-state index contributed by atoms with van der Waals surface area (Å²) in [5, 5.41) is 0. The predicted molar refractivity (Wildman–Crippen MR) is 65.0 cm³/mol. The van der Waals surface area contributed by atoms with Gasteiger partial charge in [0, 0.05) is 12.6 Å². The first kappa shape index (κ1) is 12.3. The molecule has 2 rings (SSSR count). The van der Waals surface area contributed by atoms with Crippen LogP contribution in [-0.2, 0) is 9.84 Å². The average molecular weight is 246 g/mol. The molecule has 0 spiro atoms. The van der Waals surface area contributed by atoms with E-state index in [9.17, 15) is 8.42 Å². The standard InChI is InChI=1S/C11H22N2O2S/c1-2-13(9-11(8-12)4-5-11)10-3-6-16(14,15)7-10/h10H,2-9,12H2,1H3. The number of rotatable bonds is 5. The zero-order chi connectivity index (χ0) is 11.8. The van der Waals surface area contributed by atoms with E-state index in [1.54, 1.807) is 0 Å². The summed E-state index contributed by atoms with van der Waals surface area (Å²) < 4.78 is 22.9. The number of hydrogen-bond acceptors (Lipinski definition) is 4. The van der Waals surface area contributed by atoms with Crippen molar-refractivity contribution in [2.24, 2.45) is 11.1 Å². The lowest BCUT2D eigenvalue weighted by molar-refractivity contribution is 0.181. The van der Waals surface area contributed by atoms with Crippen molar-refractivity contribution >= 4 is 9.84 Å². The molecule has 1 saturated carbocycles. The average Bonchev–Trinajstić information content (AvgIpc) is 2.94. The minimum absolute atomic E-state index is 0.235. The van der Waals surface area contributed by atoms with Crippen LogP contribution >= 0.6 is 0 Å². The zero-order valence-electron chi connectivity index (χ0n) is 9.98. The maximum Gasteiger partial charge on any atom is 0.151 e. The maximum atomic E-state index is 11.5. The Morgan fingerprint density at radius 1 is 1.44 bits per heavy atom. The van der Waals surface area contributed by atoms with Gasteiger partial charge in [0.2, 0.25) is 0 Å². The normalized spacial score (nSPS) is 30.8. The summed E-state index contributed by atoms with van der Waals surface area (Å²) in [6.45, 7) is 4.77. The van der Waals surface area contributed by atoms with Gasteiger partial charge in [-0.2, -0.15) is 0 Å². The summed E-state index contributed by atoms with van der Waals surface area (Å²) in [5.74, 6) is 0.714. The van der Waals surface area contributed by atoms with Crippen LogP contribution in [-0.4, -0.2) is 50.5 Å². The van der Waals surface area contributed by atoms with Crippen molar-refractivity contribution in [3.63, 3.8) is 0 Å². The number of nitrogens with zero attached hydrogens (tertiary/aromatic N) is 1. The Morgan fingerprint density at radius 3 is 2.50 bits per heavy atom. The molecule has 4 nitrogen and oxygen atoms in total. The molecule has 2 aliphatic rings. The molecule has 1 atom stereocenters. The van der Waals surface area contributed by atoms with E-state index in [-0.39, 0.29) is 6.04 Å². The van der Waals surface area contributed by atoms with E-state index in [0.29, 0.717) is 16.9 Å². The third-order valence-electron chi connectivity index (χ3n) is 4.06. The summed E-state index contributed by atoms with van der Waals surface area (Å²) in [4.78, 5) is 2.32. The SMILES string of the molecule is CCN(CC1(CN)CC1)C1CCS(=O)(=O)C1. The zero-order valence-corrected chi connectivity index (χ0v) is 10.8. The fraction of sp³-hybridized carbons (Fsp3) is 1.00. The minimum Gasteiger partial charge on any atom is -0.330 e. The summed E-state index contributed by atoms with van der Waals surface area (Å²) >= 11 is 0. The molecular formula is C11H22N2O2S. The second-order valence-corrected chi connectivity index (χ2v) is 7.55. The van der Waals surface area contributed by atoms with Gasteiger partial charge >= 0.3 is 0 Å². The lowest BCUT2D eigenvalue weighted by atomic mass is 10.1. The van der Waals surface area contributed by atoms with E-state index in [4.69, 9.17) is 5.73 Å². The Bertz CT molecular complexity index is 349. The molecule has 2 fully saturated rings. The molecule has 0 amide bonds. The van der Waals surface area contributed by atoms with Gasteiger partial charge in [-0.3, -0.25) is 4.90 Å². The Balaban J connectivity index is 1.96. The van der Waals surface area contributed by atoms with Crippen LogP contribution in [0.25, 0.3) is 0 Å². The van der Waals surface area contributed by atoms with Crippen LogP contribution in [0.1, 0.15) is 26.2 Å². The molecule has 1 aliphatic heterocycles. The highest BCUT2D eigenvalue weighted by Gasteiger charge is 2.44. The van der Waals surface area contributed by atoms with Crippen molar-refractivity contribution in [1.29, 1.82) is 0 Å². The number of nitrogens with two attached hydrogens (primary N) is 1. The van der Waals surface area contributed by atoms with Crippen molar-refractivity contribution < 1.29 is 8.42 Å². The van der Waals surface area contributed by atoms with Crippen LogP contribution in [0.5, 0.6) is 0 Å². The Kier molecular flexibility index (Phi) is 3.29. The monoisotopic (exact) mass is 246 g/mol. The third kappa shape index (κ3) is 2.57. The van der Waals surface area contributed by atoms with E-state index < -0.39 is 9.84 Å². The molecule has 0 bridgehead atoms. The van der Waals surface area contributed by atoms with Crippen LogP contribution in [0.3, 0.4) is 0 Å². The second-order valence-electron chi connectivity index (χ2n) is 5.32. The van der Waals surface area contributed by atoms with Crippen LogP contribution in [0.2, 0.25) is 0 Å². The van der Waals surface area contributed by atoms with Crippen LogP contribution < -0.4 is 5.73 Å².